The smallest absolute Gasteiger partial charge is 0.297 e. The third-order valence-electron chi connectivity index (χ3n) is 16.9. The summed E-state index contributed by atoms with van der Waals surface area (Å²) in [4.78, 5) is 5.01. The van der Waals surface area contributed by atoms with Gasteiger partial charge in [-0.25, -0.2) is 4.39 Å². The fraction of sp³-hybridized carbons (Fsp3) is 0.439. The first-order valence-electron chi connectivity index (χ1n) is 23.4. The van der Waals surface area contributed by atoms with E-state index in [1.54, 1.807) is 12.1 Å². The zero-order valence-corrected chi connectivity index (χ0v) is 39.5. The highest BCUT2D eigenvalue weighted by atomic mass is 19.1. The van der Waals surface area contributed by atoms with Crippen molar-refractivity contribution in [2.45, 2.75) is 161 Å². The number of anilines is 6. The first-order chi connectivity index (χ1) is 29.0. The highest BCUT2D eigenvalue weighted by molar-refractivity contribution is 7.00. The number of fused-ring (bicyclic) bond motifs is 9. The summed E-state index contributed by atoms with van der Waals surface area (Å²) in [5, 5.41) is 1.13. The Morgan fingerprint density at radius 1 is 0.484 bits per heavy atom. The van der Waals surface area contributed by atoms with Crippen LogP contribution in [0, 0.1) is 12.7 Å². The number of rotatable bonds is 2. The normalized spacial score (nSPS) is 21.4. The Morgan fingerprint density at radius 3 is 1.53 bits per heavy atom. The monoisotopic (exact) mass is 823 g/mol. The van der Waals surface area contributed by atoms with Crippen molar-refractivity contribution in [2.75, 3.05) is 9.80 Å². The second-order valence-corrected chi connectivity index (χ2v) is 24.0. The van der Waals surface area contributed by atoms with Gasteiger partial charge in [0.25, 0.3) is 6.71 Å². The molecule has 0 spiro atoms. The minimum atomic E-state index is -0.237. The topological polar surface area (TPSA) is 19.6 Å². The number of nitrogens with zero attached hydrogens (tertiary/aromatic N) is 2. The molecule has 2 aliphatic heterocycles. The molecule has 0 saturated carbocycles. The number of hydrogen-bond acceptors (Lipinski definition) is 3. The Kier molecular flexibility index (Phi) is 8.06. The van der Waals surface area contributed by atoms with Crippen molar-refractivity contribution in [2.24, 2.45) is 0 Å². The molecule has 0 atom stereocenters. The minimum Gasteiger partial charge on any atom is -0.468 e. The average molecular weight is 823 g/mol. The van der Waals surface area contributed by atoms with E-state index in [0.717, 1.165) is 65.8 Å². The van der Waals surface area contributed by atoms with Gasteiger partial charge in [-0.15, -0.1) is 0 Å². The molecule has 3 nitrogen and oxygen atoms in total. The number of aryl methyl sites for hydroxylation is 1. The SMILES string of the molecule is Cc1cc2c3c(c1)N(c1ccc(F)cc1)c1c(oc4cc5c(cc14)C(C)(C)CCC5(C)C)B3c1cc3c(cc1N2c1ccc2c(c1)C(C)(C)CCC2(C)C)C(C)(C)CCC3(C)C. The predicted octanol–water partition coefficient (Wildman–Crippen LogP) is 14.0. The molecule has 0 fully saturated rings. The molecule has 0 radical (unpaired) electrons. The van der Waals surface area contributed by atoms with Gasteiger partial charge in [0.15, 0.2) is 0 Å². The van der Waals surface area contributed by atoms with E-state index in [2.05, 4.69) is 154 Å². The Morgan fingerprint density at radius 2 is 0.952 bits per heavy atom. The number of hydrogen-bond donors (Lipinski definition) is 0. The van der Waals surface area contributed by atoms with Crippen molar-refractivity contribution >= 4 is 68.4 Å². The van der Waals surface area contributed by atoms with E-state index in [1.807, 2.05) is 12.1 Å². The first kappa shape index (κ1) is 40.0. The highest BCUT2D eigenvalue weighted by Gasteiger charge is 2.50. The summed E-state index contributed by atoms with van der Waals surface area (Å²) >= 11 is 0. The third kappa shape index (κ3) is 5.54. The van der Waals surface area contributed by atoms with Gasteiger partial charge in [0, 0.05) is 33.8 Å². The maximum absolute atomic E-state index is 14.9. The van der Waals surface area contributed by atoms with Crippen molar-refractivity contribution < 1.29 is 8.81 Å². The second-order valence-electron chi connectivity index (χ2n) is 24.0. The second kappa shape index (κ2) is 12.5. The fourth-order valence-electron chi connectivity index (χ4n) is 12.6. The van der Waals surface area contributed by atoms with Crippen molar-refractivity contribution in [3.05, 3.63) is 124 Å². The predicted molar refractivity (Wildman–Crippen MR) is 261 cm³/mol. The van der Waals surface area contributed by atoms with E-state index in [9.17, 15) is 4.39 Å². The van der Waals surface area contributed by atoms with Crippen LogP contribution < -0.4 is 26.4 Å². The minimum absolute atomic E-state index is 0.0181. The Bertz CT molecular complexity index is 2910. The van der Waals surface area contributed by atoms with Crippen LogP contribution in [-0.2, 0) is 32.5 Å². The molecule has 0 N–H and O–H groups in total. The van der Waals surface area contributed by atoms with Gasteiger partial charge in [0.1, 0.15) is 11.4 Å². The van der Waals surface area contributed by atoms with Crippen LogP contribution in [-0.4, -0.2) is 6.71 Å². The summed E-state index contributed by atoms with van der Waals surface area (Å²) in [6.07, 6.45) is 6.89. The summed E-state index contributed by atoms with van der Waals surface area (Å²) < 4.78 is 22.4. The van der Waals surface area contributed by atoms with E-state index >= 15 is 0 Å². The van der Waals surface area contributed by atoms with E-state index in [4.69, 9.17) is 4.42 Å². The van der Waals surface area contributed by atoms with E-state index in [1.165, 1.54) is 73.4 Å². The summed E-state index contributed by atoms with van der Waals surface area (Å²) in [6.45, 7) is 31.2. The van der Waals surface area contributed by atoms with Gasteiger partial charge in [-0.3, -0.25) is 0 Å². The van der Waals surface area contributed by atoms with Crippen molar-refractivity contribution in [3.63, 3.8) is 0 Å². The molecule has 0 saturated heterocycles. The average Bonchev–Trinajstić information content (AvgIpc) is 3.58. The lowest BCUT2D eigenvalue weighted by molar-refractivity contribution is 0.332. The zero-order chi connectivity index (χ0) is 43.8. The molecular formula is C57H64BFN2O. The van der Waals surface area contributed by atoms with Gasteiger partial charge in [0.05, 0.1) is 11.3 Å². The maximum Gasteiger partial charge on any atom is 0.297 e. The zero-order valence-electron chi connectivity index (χ0n) is 39.5. The Balaban J connectivity index is 1.27. The molecule has 5 heteroatoms. The van der Waals surface area contributed by atoms with Gasteiger partial charge in [-0.2, -0.15) is 0 Å². The summed E-state index contributed by atoms with van der Waals surface area (Å²) in [5.74, 6) is -0.237. The van der Waals surface area contributed by atoms with Crippen molar-refractivity contribution in [1.82, 2.24) is 0 Å². The van der Waals surface area contributed by atoms with Gasteiger partial charge in [-0.05, 0) is 195 Å². The molecule has 5 aromatic carbocycles. The van der Waals surface area contributed by atoms with Crippen molar-refractivity contribution in [1.29, 1.82) is 0 Å². The Labute approximate surface area is 370 Å². The van der Waals surface area contributed by atoms with Crippen LogP contribution >= 0.6 is 0 Å². The molecule has 6 aromatic rings. The van der Waals surface area contributed by atoms with Crippen LogP contribution in [0.25, 0.3) is 11.0 Å². The van der Waals surface area contributed by atoms with Gasteiger partial charge in [0.2, 0.25) is 0 Å². The van der Waals surface area contributed by atoms with Crippen LogP contribution in [0.4, 0.5) is 38.5 Å². The van der Waals surface area contributed by atoms with Crippen molar-refractivity contribution in [3.8, 4) is 0 Å². The van der Waals surface area contributed by atoms with E-state index in [-0.39, 0.29) is 45.0 Å². The lowest BCUT2D eigenvalue weighted by Crippen LogP contribution is -2.61. The Hall–Kier alpha value is -4.77. The molecule has 0 amide bonds. The molecule has 1 aromatic heterocycles. The molecule has 11 rings (SSSR count). The summed E-state index contributed by atoms with van der Waals surface area (Å²) in [6, 6.07) is 29.3. The number of furan rings is 1. The quantitative estimate of drug-likeness (QED) is 0.162. The molecule has 0 unspecified atom stereocenters. The fourth-order valence-corrected chi connectivity index (χ4v) is 12.6. The standard InChI is InChI=1S/C57H64BFN2O/c1-33-26-46-49-47(27-33)61(35-16-14-34(59)15-17-35)50-37-29-40-43(57(12,13)25-22-54(40,6)7)32-48(37)62-51(50)58(49)44-30-41-42(56(10,11)24-23-55(41,8)9)31-45(44)60(46)36-18-19-38-39(28-36)53(4,5)21-20-52(38,2)3/h14-19,26-32H,20-25H2,1-13H3. The molecule has 0 bridgehead atoms. The van der Waals surface area contributed by atoms with E-state index in [0.29, 0.717) is 0 Å². The van der Waals surface area contributed by atoms with Crippen LogP contribution in [0.1, 0.15) is 161 Å². The summed E-state index contributed by atoms with van der Waals surface area (Å²) in [5.41, 5.74) is 21.3. The lowest BCUT2D eigenvalue weighted by atomic mass is 9.35. The van der Waals surface area contributed by atoms with E-state index < -0.39 is 0 Å². The maximum atomic E-state index is 14.9. The molecule has 3 aliphatic carbocycles. The molecule has 318 valence electrons. The number of halogens is 1. The third-order valence-corrected chi connectivity index (χ3v) is 16.9. The van der Waals surface area contributed by atoms with Crippen LogP contribution in [0.15, 0.2) is 83.3 Å². The largest absolute Gasteiger partial charge is 0.468 e. The lowest BCUT2D eigenvalue weighted by Gasteiger charge is -2.47. The molecular weight excluding hydrogens is 758 g/mol. The van der Waals surface area contributed by atoms with Crippen LogP contribution in [0.5, 0.6) is 0 Å². The summed E-state index contributed by atoms with van der Waals surface area (Å²) in [7, 11) is 0. The molecule has 62 heavy (non-hydrogen) atoms. The highest BCUT2D eigenvalue weighted by Crippen LogP contribution is 2.54. The molecule has 5 aliphatic rings. The van der Waals surface area contributed by atoms with Gasteiger partial charge in [-0.1, -0.05) is 95.2 Å². The van der Waals surface area contributed by atoms with Crippen LogP contribution in [0.2, 0.25) is 0 Å². The van der Waals surface area contributed by atoms with Crippen LogP contribution in [0.3, 0.4) is 0 Å². The first-order valence-corrected chi connectivity index (χ1v) is 23.4. The number of benzene rings is 5. The van der Waals surface area contributed by atoms with Gasteiger partial charge < -0.3 is 14.2 Å². The molecule has 3 heterocycles. The van der Waals surface area contributed by atoms with Gasteiger partial charge >= 0.3 is 0 Å².